The summed E-state index contributed by atoms with van der Waals surface area (Å²) in [5.41, 5.74) is 15.1. The van der Waals surface area contributed by atoms with E-state index in [2.05, 4.69) is 172 Å². The fourth-order valence-corrected chi connectivity index (χ4v) is 7.55. The number of aromatic nitrogens is 2. The average Bonchev–Trinajstić information content (AvgIpc) is 3.41. The summed E-state index contributed by atoms with van der Waals surface area (Å²) >= 11 is 0. The van der Waals surface area contributed by atoms with Crippen LogP contribution in [0.2, 0.25) is 0 Å². The molecule has 8 aromatic rings. The molecule has 2 heteroatoms. The second-order valence-corrected chi connectivity index (χ2v) is 13.4. The first-order valence-corrected chi connectivity index (χ1v) is 16.9. The van der Waals surface area contributed by atoms with Gasteiger partial charge < -0.3 is 0 Å². The topological polar surface area (TPSA) is 25.8 Å². The maximum absolute atomic E-state index is 5.11. The molecule has 9 rings (SSSR count). The first-order chi connectivity index (χ1) is 24.0. The highest BCUT2D eigenvalue weighted by atomic mass is 14.9. The third-order valence-corrected chi connectivity index (χ3v) is 10.1. The Bertz CT molecular complexity index is 2480. The molecule has 0 radical (unpaired) electrons. The molecule has 0 bridgehead atoms. The van der Waals surface area contributed by atoms with E-state index in [9.17, 15) is 0 Å². The standard InChI is InChI=1S/C47H34N2/c1-47(2)42-28-26-38(29-41(42)40-27-25-34-13-9-10-16-39(34)45(40)47)33-17-21-36(22-18-33)44-30-43(35-14-7-4-8-15-35)48-46(49-44)37-23-19-32(20-24-37)31-11-5-3-6-12-31/h3-30H,1-2H3. The van der Waals surface area contributed by atoms with Crippen molar-refractivity contribution in [3.05, 3.63) is 181 Å². The maximum Gasteiger partial charge on any atom is 0.160 e. The molecule has 0 atom stereocenters. The van der Waals surface area contributed by atoms with Gasteiger partial charge in [0.05, 0.1) is 11.4 Å². The molecule has 0 N–H and O–H groups in total. The van der Waals surface area contributed by atoms with Gasteiger partial charge in [-0.05, 0) is 67.4 Å². The molecule has 232 valence electrons. The predicted octanol–water partition coefficient (Wildman–Crippen LogP) is 12.3. The Balaban J connectivity index is 1.09. The van der Waals surface area contributed by atoms with Crippen molar-refractivity contribution in [2.75, 3.05) is 0 Å². The fraction of sp³-hybridized carbons (Fsp3) is 0.0638. The van der Waals surface area contributed by atoms with Crippen molar-refractivity contribution in [1.29, 1.82) is 0 Å². The zero-order valence-corrected chi connectivity index (χ0v) is 27.6. The lowest BCUT2D eigenvalue weighted by Crippen LogP contribution is -2.15. The summed E-state index contributed by atoms with van der Waals surface area (Å²) < 4.78 is 0. The predicted molar refractivity (Wildman–Crippen MR) is 204 cm³/mol. The van der Waals surface area contributed by atoms with E-state index in [0.717, 1.165) is 28.1 Å². The summed E-state index contributed by atoms with van der Waals surface area (Å²) in [5.74, 6) is 0.715. The minimum atomic E-state index is -0.0586. The van der Waals surface area contributed by atoms with Crippen LogP contribution >= 0.6 is 0 Å². The van der Waals surface area contributed by atoms with Crippen LogP contribution in [0, 0.1) is 0 Å². The molecule has 0 saturated heterocycles. The van der Waals surface area contributed by atoms with Crippen molar-refractivity contribution in [1.82, 2.24) is 9.97 Å². The van der Waals surface area contributed by atoms with Gasteiger partial charge in [0.15, 0.2) is 5.82 Å². The van der Waals surface area contributed by atoms with Crippen LogP contribution in [0.1, 0.15) is 25.0 Å². The van der Waals surface area contributed by atoms with Crippen molar-refractivity contribution in [2.45, 2.75) is 19.3 Å². The summed E-state index contributed by atoms with van der Waals surface area (Å²) in [4.78, 5) is 10.1. The van der Waals surface area contributed by atoms with Crippen molar-refractivity contribution in [3.8, 4) is 67.3 Å². The van der Waals surface area contributed by atoms with Crippen LogP contribution in [0.25, 0.3) is 78.1 Å². The number of rotatable bonds is 5. The van der Waals surface area contributed by atoms with Gasteiger partial charge in [0.25, 0.3) is 0 Å². The van der Waals surface area contributed by atoms with Crippen LogP contribution in [0.5, 0.6) is 0 Å². The number of hydrogen-bond donors (Lipinski definition) is 0. The molecule has 1 aliphatic carbocycles. The number of nitrogens with zero attached hydrogens (tertiary/aromatic N) is 2. The highest BCUT2D eigenvalue weighted by molar-refractivity contribution is 5.98. The van der Waals surface area contributed by atoms with Crippen LogP contribution in [-0.4, -0.2) is 9.97 Å². The minimum Gasteiger partial charge on any atom is -0.228 e. The smallest absolute Gasteiger partial charge is 0.160 e. The molecular weight excluding hydrogens is 593 g/mol. The molecule has 1 aliphatic rings. The molecule has 2 nitrogen and oxygen atoms in total. The lowest BCUT2D eigenvalue weighted by atomic mass is 9.80. The van der Waals surface area contributed by atoms with E-state index in [1.165, 1.54) is 55.3 Å². The lowest BCUT2D eigenvalue weighted by molar-refractivity contribution is 0.666. The van der Waals surface area contributed by atoms with Crippen molar-refractivity contribution in [2.24, 2.45) is 0 Å². The molecule has 0 aliphatic heterocycles. The zero-order valence-electron chi connectivity index (χ0n) is 27.6. The Labute approximate surface area is 287 Å². The summed E-state index contributed by atoms with van der Waals surface area (Å²) in [6, 6.07) is 60.6. The molecule has 1 aromatic heterocycles. The van der Waals surface area contributed by atoms with E-state index in [4.69, 9.17) is 9.97 Å². The quantitative estimate of drug-likeness (QED) is 0.190. The molecule has 0 unspecified atom stereocenters. The monoisotopic (exact) mass is 626 g/mol. The second kappa shape index (κ2) is 11.5. The molecule has 0 spiro atoms. The molecule has 0 amide bonds. The zero-order chi connectivity index (χ0) is 33.0. The molecule has 7 aromatic carbocycles. The summed E-state index contributed by atoms with van der Waals surface area (Å²) in [6.07, 6.45) is 0. The normalized spacial score (nSPS) is 12.9. The third kappa shape index (κ3) is 5.05. The van der Waals surface area contributed by atoms with Crippen LogP contribution < -0.4 is 0 Å². The summed E-state index contributed by atoms with van der Waals surface area (Å²) in [6.45, 7) is 4.71. The average molecular weight is 627 g/mol. The maximum atomic E-state index is 5.11. The summed E-state index contributed by atoms with van der Waals surface area (Å²) in [7, 11) is 0. The van der Waals surface area contributed by atoms with Crippen LogP contribution in [0.15, 0.2) is 170 Å². The molecule has 0 saturated carbocycles. The van der Waals surface area contributed by atoms with E-state index in [-0.39, 0.29) is 5.41 Å². The van der Waals surface area contributed by atoms with E-state index < -0.39 is 0 Å². The largest absolute Gasteiger partial charge is 0.228 e. The van der Waals surface area contributed by atoms with Gasteiger partial charge in [0.2, 0.25) is 0 Å². The second-order valence-electron chi connectivity index (χ2n) is 13.4. The number of benzene rings is 7. The first kappa shape index (κ1) is 29.1. The van der Waals surface area contributed by atoms with E-state index in [1.54, 1.807) is 0 Å². The minimum absolute atomic E-state index is 0.0586. The molecule has 49 heavy (non-hydrogen) atoms. The van der Waals surface area contributed by atoms with Gasteiger partial charge in [-0.1, -0.05) is 172 Å². The van der Waals surface area contributed by atoms with Crippen molar-refractivity contribution < 1.29 is 0 Å². The van der Waals surface area contributed by atoms with Crippen molar-refractivity contribution in [3.63, 3.8) is 0 Å². The van der Waals surface area contributed by atoms with Crippen LogP contribution in [0.3, 0.4) is 0 Å². The van der Waals surface area contributed by atoms with Crippen LogP contribution in [0.4, 0.5) is 0 Å². The molecule has 1 heterocycles. The van der Waals surface area contributed by atoms with Gasteiger partial charge in [0.1, 0.15) is 0 Å². The Kier molecular flexibility index (Phi) is 6.84. The van der Waals surface area contributed by atoms with Gasteiger partial charge in [-0.3, -0.25) is 0 Å². The van der Waals surface area contributed by atoms with Gasteiger partial charge >= 0.3 is 0 Å². The first-order valence-electron chi connectivity index (χ1n) is 16.9. The Morgan fingerprint density at radius 2 is 0.898 bits per heavy atom. The van der Waals surface area contributed by atoms with Crippen molar-refractivity contribution >= 4 is 10.8 Å². The highest BCUT2D eigenvalue weighted by Crippen LogP contribution is 2.52. The number of fused-ring (bicyclic) bond motifs is 5. The van der Waals surface area contributed by atoms with E-state index in [0.29, 0.717) is 5.82 Å². The third-order valence-electron chi connectivity index (χ3n) is 10.1. The number of hydrogen-bond acceptors (Lipinski definition) is 2. The van der Waals surface area contributed by atoms with Gasteiger partial charge in [-0.2, -0.15) is 0 Å². The fourth-order valence-electron chi connectivity index (χ4n) is 7.55. The van der Waals surface area contributed by atoms with Gasteiger partial charge in [-0.25, -0.2) is 9.97 Å². The van der Waals surface area contributed by atoms with Gasteiger partial charge in [0, 0.05) is 22.1 Å². The highest BCUT2D eigenvalue weighted by Gasteiger charge is 2.36. The molecule has 0 fully saturated rings. The van der Waals surface area contributed by atoms with E-state index in [1.807, 2.05) is 12.1 Å². The van der Waals surface area contributed by atoms with E-state index >= 15 is 0 Å². The van der Waals surface area contributed by atoms with Gasteiger partial charge in [-0.15, -0.1) is 0 Å². The SMILES string of the molecule is CC1(C)c2ccc(-c3ccc(-c4cc(-c5ccccc5)nc(-c5ccc(-c6ccccc6)cc5)n4)cc3)cc2-c2ccc3ccccc3c21. The Hall–Kier alpha value is -6.12. The summed E-state index contributed by atoms with van der Waals surface area (Å²) in [5, 5.41) is 2.64. The lowest BCUT2D eigenvalue weighted by Gasteiger charge is -2.23. The Morgan fingerprint density at radius 1 is 0.388 bits per heavy atom. The molecular formula is C47H34N2. The van der Waals surface area contributed by atoms with Crippen LogP contribution in [-0.2, 0) is 5.41 Å². The Morgan fingerprint density at radius 3 is 1.59 bits per heavy atom.